The van der Waals surface area contributed by atoms with E-state index in [-0.39, 0.29) is 42.9 Å². The van der Waals surface area contributed by atoms with Gasteiger partial charge in [-0.05, 0) is 90.8 Å². The number of aliphatic hydroxyl groups is 1. The van der Waals surface area contributed by atoms with Gasteiger partial charge in [0, 0.05) is 22.7 Å². The van der Waals surface area contributed by atoms with Gasteiger partial charge in [-0.25, -0.2) is 4.98 Å². The number of thioether (sulfide) groups is 1. The van der Waals surface area contributed by atoms with Crippen LogP contribution >= 0.6 is 23.4 Å². The first kappa shape index (κ1) is 32.8. The summed E-state index contributed by atoms with van der Waals surface area (Å²) in [6, 6.07) is 26.8. The van der Waals surface area contributed by atoms with E-state index in [1.54, 1.807) is 11.8 Å². The summed E-state index contributed by atoms with van der Waals surface area (Å²) in [6.45, 7) is 1.83. The number of aromatic nitrogens is 1. The van der Waals surface area contributed by atoms with Gasteiger partial charge in [0.05, 0.1) is 17.3 Å². The molecule has 0 amide bonds. The first-order chi connectivity index (χ1) is 19.9. The first-order valence-corrected chi connectivity index (χ1v) is 15.8. The third-order valence-corrected chi connectivity index (χ3v) is 8.43. The summed E-state index contributed by atoms with van der Waals surface area (Å²) in [5.41, 5.74) is 6.45. The van der Waals surface area contributed by atoms with Crippen LogP contribution in [-0.4, -0.2) is 33.9 Å². The molecule has 2 unspecified atom stereocenters. The predicted octanol–water partition coefficient (Wildman–Crippen LogP) is 5.65. The van der Waals surface area contributed by atoms with E-state index in [0.29, 0.717) is 29.7 Å². The number of benzene rings is 3. The fourth-order valence-electron chi connectivity index (χ4n) is 5.12. The van der Waals surface area contributed by atoms with Crippen molar-refractivity contribution < 1.29 is 45.6 Å². The van der Waals surface area contributed by atoms with Crippen molar-refractivity contribution in [3.63, 3.8) is 0 Å². The van der Waals surface area contributed by atoms with Crippen molar-refractivity contribution in [1.82, 2.24) is 4.98 Å². The zero-order valence-electron chi connectivity index (χ0n) is 25.3. The van der Waals surface area contributed by atoms with Gasteiger partial charge in [0.2, 0.25) is 0 Å². The summed E-state index contributed by atoms with van der Waals surface area (Å²) in [5.74, 6) is 1.85. The second kappa shape index (κ2) is 16.1. The molecule has 0 saturated heterocycles. The molecule has 7 heteroatoms. The van der Waals surface area contributed by atoms with Gasteiger partial charge in [-0.15, -0.1) is 11.8 Å². The van der Waals surface area contributed by atoms with Crippen LogP contribution in [0.15, 0.2) is 78.9 Å². The number of carbonyl (C=O) groups is 1. The van der Waals surface area contributed by atoms with Crippen LogP contribution in [0.25, 0.3) is 23.1 Å². The number of fused-ring (bicyclic) bond motifs is 1. The van der Waals surface area contributed by atoms with Crippen molar-refractivity contribution in [2.45, 2.75) is 51.0 Å². The summed E-state index contributed by atoms with van der Waals surface area (Å²) in [4.78, 5) is 16.7. The molecule has 0 aliphatic heterocycles. The fourth-order valence-corrected chi connectivity index (χ4v) is 6.03. The zero-order chi connectivity index (χ0) is 28.6. The van der Waals surface area contributed by atoms with E-state index in [4.69, 9.17) is 21.3 Å². The molecular formula is C35H37ClNNaO3S. The second-order valence-electron chi connectivity index (χ2n) is 10.9. The number of halogens is 1. The van der Waals surface area contributed by atoms with Gasteiger partial charge in [-0.1, -0.05) is 78.3 Å². The average molecular weight is 610 g/mol. The molecule has 42 heavy (non-hydrogen) atoms. The van der Waals surface area contributed by atoms with Gasteiger partial charge in [0.15, 0.2) is 0 Å². The normalized spacial score (nSPS) is 14.5. The van der Waals surface area contributed by atoms with E-state index in [1.165, 1.54) is 11.1 Å². The van der Waals surface area contributed by atoms with E-state index in [9.17, 15) is 9.90 Å². The maximum atomic E-state index is 12.0. The molecule has 214 valence electrons. The van der Waals surface area contributed by atoms with Crippen molar-refractivity contribution in [3.8, 4) is 0 Å². The molecule has 0 spiro atoms. The number of hydrogen-bond acceptors (Lipinski definition) is 5. The summed E-state index contributed by atoms with van der Waals surface area (Å²) >= 11 is 7.83. The van der Waals surface area contributed by atoms with Gasteiger partial charge in [0.1, 0.15) is 5.94 Å². The molecule has 1 aliphatic rings. The van der Waals surface area contributed by atoms with E-state index in [0.717, 1.165) is 52.7 Å². The first-order valence-electron chi connectivity index (χ1n) is 14.3. The summed E-state index contributed by atoms with van der Waals surface area (Å²) < 4.78 is 5.46. The Morgan fingerprint density at radius 2 is 1.90 bits per heavy atom. The molecule has 4 nitrogen and oxygen atoms in total. The molecule has 0 radical (unpaired) electrons. The number of pyridine rings is 1. The number of ether oxygens (including phenoxy) is 1. The van der Waals surface area contributed by atoms with Crippen molar-refractivity contribution in [2.24, 2.45) is 5.92 Å². The molecule has 3 aromatic carbocycles. The van der Waals surface area contributed by atoms with Crippen molar-refractivity contribution in [2.75, 3.05) is 11.7 Å². The van der Waals surface area contributed by atoms with Crippen LogP contribution in [0.2, 0.25) is 5.02 Å². The number of rotatable bonds is 13. The quantitative estimate of drug-likeness (QED) is 0.0918. The van der Waals surface area contributed by atoms with Crippen molar-refractivity contribution >= 4 is 52.4 Å². The number of aliphatic hydroxyl groups excluding tert-OH is 1. The Labute approximate surface area is 281 Å². The minimum absolute atomic E-state index is 0. The average Bonchev–Trinajstić information content (AvgIpc) is 3.78. The Hall–Kier alpha value is -2.12. The van der Waals surface area contributed by atoms with Crippen LogP contribution in [0.1, 0.15) is 67.9 Å². The van der Waals surface area contributed by atoms with Crippen LogP contribution in [-0.2, 0) is 16.0 Å². The van der Waals surface area contributed by atoms with E-state index >= 15 is 0 Å². The van der Waals surface area contributed by atoms with Crippen LogP contribution in [0.5, 0.6) is 0 Å². The third-order valence-electron chi connectivity index (χ3n) is 7.39. The van der Waals surface area contributed by atoms with E-state index in [1.807, 2.05) is 43.3 Å². The molecule has 1 aromatic heterocycles. The van der Waals surface area contributed by atoms with Crippen molar-refractivity contribution in [3.05, 3.63) is 112 Å². The van der Waals surface area contributed by atoms with E-state index < -0.39 is 6.10 Å². The Balaban J connectivity index is 0.00000253. The van der Waals surface area contributed by atoms with Gasteiger partial charge in [-0.2, -0.15) is 0 Å². The molecule has 0 bridgehead atoms. The van der Waals surface area contributed by atoms with Crippen LogP contribution < -0.4 is 29.6 Å². The maximum absolute atomic E-state index is 12.0. The summed E-state index contributed by atoms with van der Waals surface area (Å²) in [5, 5.41) is 11.9. The number of nitrogens with zero attached hydrogens (tertiary/aromatic N) is 1. The zero-order valence-corrected chi connectivity index (χ0v) is 27.9. The molecule has 1 aliphatic carbocycles. The molecular weight excluding hydrogens is 573 g/mol. The molecule has 1 N–H and O–H groups in total. The predicted molar refractivity (Wildman–Crippen MR) is 172 cm³/mol. The summed E-state index contributed by atoms with van der Waals surface area (Å²) in [7, 11) is 0. The fraction of sp³-hybridized carbons (Fsp3) is 0.314. The van der Waals surface area contributed by atoms with Gasteiger partial charge >= 0.3 is 35.5 Å². The van der Waals surface area contributed by atoms with Crippen LogP contribution in [0.4, 0.5) is 0 Å². The largest absolute Gasteiger partial charge is 1.00 e. The van der Waals surface area contributed by atoms with Crippen LogP contribution in [0.3, 0.4) is 0 Å². The SMILES string of the molecule is CC(O)Cc1ccccc1C(CCSCOC(=O)CC1CC1)c1cccc(/C=C/c2ccc3ccc(Cl)cc3n2)c1.[H-].[Na+]. The Morgan fingerprint density at radius 1 is 1.10 bits per heavy atom. The number of carbonyl (C=O) groups excluding carboxylic acids is 1. The number of hydrogen-bond donors (Lipinski definition) is 1. The maximum Gasteiger partial charge on any atom is 1.00 e. The standard InChI is InChI=1S/C35H36ClNO3S.Na.H/c1-24(38)19-28-6-2-3-8-32(28)33(17-18-41-23-40-35(39)21-26-9-10-26)29-7-4-5-25(20-29)11-15-31-16-13-27-12-14-30(36)22-34(27)37-31;;/h2-8,11-16,20,22,24,26,33,38H,9-10,17-19,21,23H2,1H3;;/q;+1;-1/b15-11+;;. The monoisotopic (exact) mass is 609 g/mol. The molecule has 1 heterocycles. The molecule has 1 saturated carbocycles. The molecule has 4 aromatic rings. The minimum Gasteiger partial charge on any atom is -1.00 e. The van der Waals surface area contributed by atoms with E-state index in [2.05, 4.69) is 54.6 Å². The molecule has 1 fully saturated rings. The number of esters is 1. The van der Waals surface area contributed by atoms with Gasteiger partial charge in [0.25, 0.3) is 0 Å². The molecule has 2 atom stereocenters. The Bertz CT molecular complexity index is 1530. The van der Waals surface area contributed by atoms with Gasteiger partial charge < -0.3 is 11.3 Å². The smallest absolute Gasteiger partial charge is 1.00 e. The molecule has 5 rings (SSSR count). The Morgan fingerprint density at radius 3 is 2.71 bits per heavy atom. The topological polar surface area (TPSA) is 59.4 Å². The summed E-state index contributed by atoms with van der Waals surface area (Å²) in [6.07, 6.45) is 8.05. The second-order valence-corrected chi connectivity index (χ2v) is 12.3. The van der Waals surface area contributed by atoms with Gasteiger partial charge in [-0.3, -0.25) is 4.79 Å². The Kier molecular flexibility index (Phi) is 12.6. The van der Waals surface area contributed by atoms with Crippen LogP contribution in [0, 0.1) is 5.92 Å². The van der Waals surface area contributed by atoms with Crippen molar-refractivity contribution in [1.29, 1.82) is 0 Å². The third kappa shape index (κ3) is 9.70. The minimum atomic E-state index is -0.421.